The van der Waals surface area contributed by atoms with E-state index in [4.69, 9.17) is 10.9 Å². The monoisotopic (exact) mass is 233 g/mol. The molecule has 1 aromatic carbocycles. The van der Waals surface area contributed by atoms with E-state index in [1.54, 1.807) is 24.3 Å². The lowest BCUT2D eigenvalue weighted by atomic mass is 10.1. The molecule has 0 aromatic heterocycles. The number of nitrogens with one attached hydrogen (secondary N) is 1. The standard InChI is InChI=1S/C12H15N3O2/c1-7-6-10(7)14-12(16)9-4-2-8(3-5-9)11(13)15-17/h2-5,7,10,17H,6H2,1H3,(H2,13,15)(H,14,16). The van der Waals surface area contributed by atoms with Crippen molar-refractivity contribution in [2.75, 3.05) is 0 Å². The summed E-state index contributed by atoms with van der Waals surface area (Å²) in [5.41, 5.74) is 6.60. The second kappa shape index (κ2) is 4.45. The smallest absolute Gasteiger partial charge is 0.251 e. The van der Waals surface area contributed by atoms with Gasteiger partial charge in [-0.2, -0.15) is 0 Å². The van der Waals surface area contributed by atoms with Crippen LogP contribution >= 0.6 is 0 Å². The van der Waals surface area contributed by atoms with Gasteiger partial charge in [0, 0.05) is 17.2 Å². The van der Waals surface area contributed by atoms with Gasteiger partial charge in [-0.25, -0.2) is 0 Å². The number of hydrogen-bond acceptors (Lipinski definition) is 3. The normalized spacial score (nSPS) is 23.2. The van der Waals surface area contributed by atoms with Gasteiger partial charge in [0.1, 0.15) is 0 Å². The number of oxime groups is 1. The predicted octanol–water partition coefficient (Wildman–Crippen LogP) is 0.919. The zero-order valence-electron chi connectivity index (χ0n) is 9.55. The van der Waals surface area contributed by atoms with Crippen LogP contribution in [0.2, 0.25) is 0 Å². The molecule has 4 N–H and O–H groups in total. The van der Waals surface area contributed by atoms with Crippen LogP contribution in [0, 0.1) is 5.92 Å². The summed E-state index contributed by atoms with van der Waals surface area (Å²) < 4.78 is 0. The maximum Gasteiger partial charge on any atom is 0.251 e. The molecule has 1 aliphatic carbocycles. The lowest BCUT2D eigenvalue weighted by molar-refractivity contribution is 0.0949. The molecule has 1 fully saturated rings. The molecule has 5 heteroatoms. The molecule has 0 saturated heterocycles. The Hall–Kier alpha value is -2.04. The van der Waals surface area contributed by atoms with Crippen molar-refractivity contribution in [3.8, 4) is 0 Å². The number of amides is 1. The number of nitrogens with two attached hydrogens (primary N) is 1. The molecule has 2 rings (SSSR count). The average molecular weight is 233 g/mol. The molecule has 1 amide bonds. The second-order valence-electron chi connectivity index (χ2n) is 4.36. The van der Waals surface area contributed by atoms with Crippen LogP contribution < -0.4 is 11.1 Å². The molecule has 90 valence electrons. The molecule has 1 saturated carbocycles. The van der Waals surface area contributed by atoms with Gasteiger partial charge in [0.25, 0.3) is 5.91 Å². The summed E-state index contributed by atoms with van der Waals surface area (Å²) in [6.07, 6.45) is 1.05. The van der Waals surface area contributed by atoms with Gasteiger partial charge in [-0.3, -0.25) is 4.79 Å². The fourth-order valence-electron chi connectivity index (χ4n) is 1.62. The summed E-state index contributed by atoms with van der Waals surface area (Å²) in [5.74, 6) is 0.536. The molecule has 0 heterocycles. The summed E-state index contributed by atoms with van der Waals surface area (Å²) in [6, 6.07) is 6.94. The number of carbonyl (C=O) groups is 1. The Bertz CT molecular complexity index is 453. The lowest BCUT2D eigenvalue weighted by Gasteiger charge is -2.04. The minimum atomic E-state index is -0.0783. The highest BCUT2D eigenvalue weighted by Crippen LogP contribution is 2.29. The minimum absolute atomic E-state index is 0.0350. The first-order chi connectivity index (χ1) is 8.11. The maximum absolute atomic E-state index is 11.8. The Morgan fingerprint density at radius 1 is 1.41 bits per heavy atom. The van der Waals surface area contributed by atoms with Gasteiger partial charge < -0.3 is 16.3 Å². The number of benzene rings is 1. The summed E-state index contributed by atoms with van der Waals surface area (Å²) in [7, 11) is 0. The third kappa shape index (κ3) is 2.55. The SMILES string of the molecule is CC1CC1NC(=O)c1ccc(C(N)=NO)cc1. The third-order valence-electron chi connectivity index (χ3n) is 2.98. The van der Waals surface area contributed by atoms with E-state index in [-0.39, 0.29) is 11.7 Å². The zero-order chi connectivity index (χ0) is 12.4. The minimum Gasteiger partial charge on any atom is -0.409 e. The van der Waals surface area contributed by atoms with Gasteiger partial charge in [-0.05, 0) is 24.5 Å². The summed E-state index contributed by atoms with van der Waals surface area (Å²) in [4.78, 5) is 11.8. The Morgan fingerprint density at radius 3 is 2.41 bits per heavy atom. The Kier molecular flexibility index (Phi) is 2.99. The van der Waals surface area contributed by atoms with Crippen LogP contribution in [0.1, 0.15) is 29.3 Å². The Labute approximate surface area is 99.3 Å². The zero-order valence-corrected chi connectivity index (χ0v) is 9.55. The van der Waals surface area contributed by atoms with E-state index >= 15 is 0 Å². The first-order valence-corrected chi connectivity index (χ1v) is 5.50. The predicted molar refractivity (Wildman–Crippen MR) is 64.0 cm³/mol. The highest BCUT2D eigenvalue weighted by Gasteiger charge is 2.33. The topological polar surface area (TPSA) is 87.7 Å². The van der Waals surface area contributed by atoms with Gasteiger partial charge in [0.15, 0.2) is 5.84 Å². The van der Waals surface area contributed by atoms with Crippen molar-refractivity contribution in [1.82, 2.24) is 5.32 Å². The summed E-state index contributed by atoms with van der Waals surface area (Å²) in [6.45, 7) is 2.10. The molecule has 2 atom stereocenters. The Morgan fingerprint density at radius 2 is 1.94 bits per heavy atom. The van der Waals surface area contributed by atoms with E-state index < -0.39 is 0 Å². The van der Waals surface area contributed by atoms with Gasteiger partial charge in [0.2, 0.25) is 0 Å². The van der Waals surface area contributed by atoms with Gasteiger partial charge in [0.05, 0.1) is 0 Å². The van der Waals surface area contributed by atoms with Crippen molar-refractivity contribution in [1.29, 1.82) is 0 Å². The van der Waals surface area contributed by atoms with E-state index in [1.807, 2.05) is 0 Å². The van der Waals surface area contributed by atoms with E-state index in [0.29, 0.717) is 23.1 Å². The van der Waals surface area contributed by atoms with Crippen LogP contribution in [-0.4, -0.2) is 23.0 Å². The Balaban J connectivity index is 2.04. The molecule has 0 radical (unpaired) electrons. The van der Waals surface area contributed by atoms with E-state index in [2.05, 4.69) is 17.4 Å². The van der Waals surface area contributed by atoms with Crippen molar-refractivity contribution >= 4 is 11.7 Å². The molecule has 5 nitrogen and oxygen atoms in total. The third-order valence-corrected chi connectivity index (χ3v) is 2.98. The fraction of sp³-hybridized carbons (Fsp3) is 0.333. The molecular weight excluding hydrogens is 218 g/mol. The second-order valence-corrected chi connectivity index (χ2v) is 4.36. The van der Waals surface area contributed by atoms with Gasteiger partial charge in [-0.15, -0.1) is 0 Å². The van der Waals surface area contributed by atoms with Crippen molar-refractivity contribution in [3.63, 3.8) is 0 Å². The van der Waals surface area contributed by atoms with Crippen LogP contribution in [0.3, 0.4) is 0 Å². The molecule has 1 aromatic rings. The van der Waals surface area contributed by atoms with Crippen LogP contribution in [0.15, 0.2) is 29.4 Å². The number of amidine groups is 1. The molecule has 2 unspecified atom stereocenters. The number of carbonyl (C=O) groups excluding carboxylic acids is 1. The van der Waals surface area contributed by atoms with Crippen molar-refractivity contribution in [2.45, 2.75) is 19.4 Å². The summed E-state index contributed by atoms with van der Waals surface area (Å²) >= 11 is 0. The molecule has 17 heavy (non-hydrogen) atoms. The van der Waals surface area contributed by atoms with Crippen LogP contribution in [0.5, 0.6) is 0 Å². The number of rotatable bonds is 3. The highest BCUT2D eigenvalue weighted by atomic mass is 16.4. The quantitative estimate of drug-likeness (QED) is 0.314. The van der Waals surface area contributed by atoms with E-state index in [0.717, 1.165) is 6.42 Å². The first kappa shape index (κ1) is 11.4. The average Bonchev–Trinajstić information content (AvgIpc) is 3.04. The van der Waals surface area contributed by atoms with Gasteiger partial charge >= 0.3 is 0 Å². The molecule has 0 spiro atoms. The highest BCUT2D eigenvalue weighted by molar-refractivity contribution is 5.99. The summed E-state index contributed by atoms with van der Waals surface area (Å²) in [5, 5.41) is 14.3. The molecule has 0 bridgehead atoms. The largest absolute Gasteiger partial charge is 0.409 e. The number of hydrogen-bond donors (Lipinski definition) is 3. The van der Waals surface area contributed by atoms with E-state index in [1.165, 1.54) is 0 Å². The van der Waals surface area contributed by atoms with Crippen LogP contribution in [0.4, 0.5) is 0 Å². The van der Waals surface area contributed by atoms with E-state index in [9.17, 15) is 4.79 Å². The molecule has 1 aliphatic rings. The number of nitrogens with zero attached hydrogens (tertiary/aromatic N) is 1. The molecule has 0 aliphatic heterocycles. The maximum atomic E-state index is 11.8. The lowest BCUT2D eigenvalue weighted by Crippen LogP contribution is -2.26. The van der Waals surface area contributed by atoms with Crippen molar-refractivity contribution in [2.24, 2.45) is 16.8 Å². The van der Waals surface area contributed by atoms with Crippen LogP contribution in [-0.2, 0) is 0 Å². The van der Waals surface area contributed by atoms with Crippen LogP contribution in [0.25, 0.3) is 0 Å². The molecular formula is C12H15N3O2. The first-order valence-electron chi connectivity index (χ1n) is 5.50. The van der Waals surface area contributed by atoms with Crippen molar-refractivity contribution in [3.05, 3.63) is 35.4 Å². The van der Waals surface area contributed by atoms with Crippen molar-refractivity contribution < 1.29 is 10.0 Å². The fourth-order valence-corrected chi connectivity index (χ4v) is 1.62. The van der Waals surface area contributed by atoms with Gasteiger partial charge in [-0.1, -0.05) is 24.2 Å².